The second-order valence-electron chi connectivity index (χ2n) is 4.68. The van der Waals surface area contributed by atoms with E-state index in [4.69, 9.17) is 4.74 Å². The lowest BCUT2D eigenvalue weighted by molar-refractivity contribution is 0.297. The van der Waals surface area contributed by atoms with Gasteiger partial charge in [-0.3, -0.25) is 0 Å². The highest BCUT2D eigenvalue weighted by Gasteiger charge is 2.07. The molecule has 0 bridgehead atoms. The van der Waals surface area contributed by atoms with Gasteiger partial charge in [-0.25, -0.2) is 4.39 Å². The van der Waals surface area contributed by atoms with Crippen LogP contribution in [-0.4, -0.2) is 9.67 Å². The van der Waals surface area contributed by atoms with E-state index in [1.54, 1.807) is 30.3 Å². The number of phenolic OH excluding ortho intramolecular Hbond substituents is 1. The second-order valence-corrected chi connectivity index (χ2v) is 4.68. The van der Waals surface area contributed by atoms with Gasteiger partial charge in [-0.05, 0) is 48.5 Å². The topological polar surface area (TPSA) is 34.4 Å². The summed E-state index contributed by atoms with van der Waals surface area (Å²) in [6.07, 6.45) is 0. The van der Waals surface area contributed by atoms with Crippen molar-refractivity contribution in [1.82, 2.24) is 4.57 Å². The minimum absolute atomic E-state index is 0.206. The van der Waals surface area contributed by atoms with Gasteiger partial charge in [-0.2, -0.15) is 0 Å². The Morgan fingerprint density at radius 3 is 2.60 bits per heavy atom. The molecule has 0 aliphatic heterocycles. The standard InChI is InChI=1S/C16H14FNO2/c1-18-13(8-11-2-3-12(17)9-16(11)18)10-20-15-6-4-14(19)5-7-15/h2-9,19H,10H2,1H3. The molecule has 0 radical (unpaired) electrons. The summed E-state index contributed by atoms with van der Waals surface area (Å²) in [5.74, 6) is 0.640. The van der Waals surface area contributed by atoms with Crippen molar-refractivity contribution in [2.24, 2.45) is 7.05 Å². The first-order valence-electron chi connectivity index (χ1n) is 6.29. The van der Waals surface area contributed by atoms with E-state index < -0.39 is 0 Å². The predicted octanol–water partition coefficient (Wildman–Crippen LogP) is 3.60. The van der Waals surface area contributed by atoms with Crippen LogP contribution in [0.15, 0.2) is 48.5 Å². The molecule has 2 aromatic carbocycles. The molecule has 0 aliphatic rings. The molecule has 1 N–H and O–H groups in total. The number of rotatable bonds is 3. The zero-order valence-electron chi connectivity index (χ0n) is 11.0. The van der Waals surface area contributed by atoms with E-state index in [0.717, 1.165) is 16.6 Å². The number of phenols is 1. The van der Waals surface area contributed by atoms with Gasteiger partial charge in [0, 0.05) is 12.4 Å². The highest BCUT2D eigenvalue weighted by atomic mass is 19.1. The van der Waals surface area contributed by atoms with Crippen LogP contribution in [0.25, 0.3) is 10.9 Å². The number of aromatic nitrogens is 1. The van der Waals surface area contributed by atoms with Crippen molar-refractivity contribution in [3.05, 3.63) is 60.0 Å². The van der Waals surface area contributed by atoms with Gasteiger partial charge >= 0.3 is 0 Å². The number of ether oxygens (including phenoxy) is 1. The summed E-state index contributed by atoms with van der Waals surface area (Å²) in [6, 6.07) is 13.3. The Morgan fingerprint density at radius 1 is 1.10 bits per heavy atom. The summed E-state index contributed by atoms with van der Waals surface area (Å²) in [5.41, 5.74) is 1.80. The summed E-state index contributed by atoms with van der Waals surface area (Å²) in [7, 11) is 1.89. The van der Waals surface area contributed by atoms with Crippen molar-refractivity contribution in [1.29, 1.82) is 0 Å². The summed E-state index contributed by atoms with van der Waals surface area (Å²) in [5, 5.41) is 10.2. The van der Waals surface area contributed by atoms with Crippen LogP contribution in [0.1, 0.15) is 5.69 Å². The van der Waals surface area contributed by atoms with Crippen LogP contribution in [0.5, 0.6) is 11.5 Å². The maximum atomic E-state index is 13.2. The normalized spacial score (nSPS) is 10.9. The first-order valence-corrected chi connectivity index (χ1v) is 6.29. The lowest BCUT2D eigenvalue weighted by Gasteiger charge is -2.07. The van der Waals surface area contributed by atoms with Gasteiger partial charge in [0.1, 0.15) is 23.9 Å². The van der Waals surface area contributed by atoms with E-state index in [2.05, 4.69) is 0 Å². The Hall–Kier alpha value is -2.49. The van der Waals surface area contributed by atoms with Crippen molar-refractivity contribution < 1.29 is 14.2 Å². The summed E-state index contributed by atoms with van der Waals surface area (Å²) < 4.78 is 20.8. The van der Waals surface area contributed by atoms with E-state index in [1.807, 2.05) is 17.7 Å². The lowest BCUT2D eigenvalue weighted by atomic mass is 10.2. The van der Waals surface area contributed by atoms with Crippen LogP contribution in [-0.2, 0) is 13.7 Å². The minimum atomic E-state index is -0.246. The zero-order chi connectivity index (χ0) is 14.1. The molecule has 0 saturated carbocycles. The van der Waals surface area contributed by atoms with Gasteiger partial charge in [0.05, 0.1) is 11.2 Å². The average molecular weight is 271 g/mol. The lowest BCUT2D eigenvalue weighted by Crippen LogP contribution is -2.01. The van der Waals surface area contributed by atoms with Gasteiger partial charge in [0.15, 0.2) is 0 Å². The van der Waals surface area contributed by atoms with E-state index in [0.29, 0.717) is 12.4 Å². The first kappa shape index (κ1) is 12.5. The largest absolute Gasteiger partial charge is 0.508 e. The Labute approximate surface area is 115 Å². The van der Waals surface area contributed by atoms with Gasteiger partial charge in [0.25, 0.3) is 0 Å². The van der Waals surface area contributed by atoms with Crippen LogP contribution in [0.4, 0.5) is 4.39 Å². The summed E-state index contributed by atoms with van der Waals surface area (Å²) in [6.45, 7) is 0.386. The molecule has 0 amide bonds. The van der Waals surface area contributed by atoms with Gasteiger partial charge in [-0.1, -0.05) is 0 Å². The van der Waals surface area contributed by atoms with Crippen molar-refractivity contribution in [2.45, 2.75) is 6.61 Å². The molecule has 4 heteroatoms. The molecule has 1 aromatic heterocycles. The van der Waals surface area contributed by atoms with Crippen LogP contribution in [0.3, 0.4) is 0 Å². The van der Waals surface area contributed by atoms with E-state index in [9.17, 15) is 9.50 Å². The molecule has 0 fully saturated rings. The molecule has 0 atom stereocenters. The summed E-state index contributed by atoms with van der Waals surface area (Å²) in [4.78, 5) is 0. The van der Waals surface area contributed by atoms with Gasteiger partial charge in [-0.15, -0.1) is 0 Å². The predicted molar refractivity (Wildman–Crippen MR) is 75.3 cm³/mol. The molecule has 0 aliphatic carbocycles. The van der Waals surface area contributed by atoms with E-state index in [-0.39, 0.29) is 11.6 Å². The van der Waals surface area contributed by atoms with Gasteiger partial charge in [0.2, 0.25) is 0 Å². The van der Waals surface area contributed by atoms with Crippen LogP contribution < -0.4 is 4.74 Å². The Morgan fingerprint density at radius 2 is 1.85 bits per heavy atom. The fourth-order valence-electron chi connectivity index (χ4n) is 2.20. The summed E-state index contributed by atoms with van der Waals surface area (Å²) >= 11 is 0. The van der Waals surface area contributed by atoms with Gasteiger partial charge < -0.3 is 14.4 Å². The third-order valence-electron chi connectivity index (χ3n) is 3.33. The maximum absolute atomic E-state index is 13.2. The number of nitrogens with zero attached hydrogens (tertiary/aromatic N) is 1. The van der Waals surface area contributed by atoms with E-state index in [1.165, 1.54) is 12.1 Å². The van der Waals surface area contributed by atoms with E-state index >= 15 is 0 Å². The fourth-order valence-corrected chi connectivity index (χ4v) is 2.20. The number of benzene rings is 2. The molecular formula is C16H14FNO2. The molecule has 0 spiro atoms. The highest BCUT2D eigenvalue weighted by molar-refractivity contribution is 5.81. The molecular weight excluding hydrogens is 257 g/mol. The first-order chi connectivity index (χ1) is 9.63. The quantitative estimate of drug-likeness (QED) is 0.789. The van der Waals surface area contributed by atoms with Crippen molar-refractivity contribution in [3.63, 3.8) is 0 Å². The van der Waals surface area contributed by atoms with Crippen molar-refractivity contribution in [2.75, 3.05) is 0 Å². The molecule has 20 heavy (non-hydrogen) atoms. The Balaban J connectivity index is 1.84. The van der Waals surface area contributed by atoms with Crippen LogP contribution in [0, 0.1) is 5.82 Å². The SMILES string of the molecule is Cn1c(COc2ccc(O)cc2)cc2ccc(F)cc21. The molecule has 3 aromatic rings. The average Bonchev–Trinajstić information content (AvgIpc) is 2.75. The number of hydrogen-bond donors (Lipinski definition) is 1. The molecule has 0 unspecified atom stereocenters. The fraction of sp³-hybridized carbons (Fsp3) is 0.125. The number of aromatic hydroxyl groups is 1. The monoisotopic (exact) mass is 271 g/mol. The third kappa shape index (κ3) is 2.32. The number of halogens is 1. The number of aryl methyl sites for hydroxylation is 1. The third-order valence-corrected chi connectivity index (χ3v) is 3.33. The minimum Gasteiger partial charge on any atom is -0.508 e. The molecule has 3 rings (SSSR count). The Kier molecular flexibility index (Phi) is 3.06. The smallest absolute Gasteiger partial charge is 0.128 e. The Bertz CT molecular complexity index is 747. The van der Waals surface area contributed by atoms with Crippen molar-refractivity contribution in [3.8, 4) is 11.5 Å². The number of hydrogen-bond acceptors (Lipinski definition) is 2. The zero-order valence-corrected chi connectivity index (χ0v) is 11.0. The number of fused-ring (bicyclic) bond motifs is 1. The maximum Gasteiger partial charge on any atom is 0.128 e. The highest BCUT2D eigenvalue weighted by Crippen LogP contribution is 2.22. The van der Waals surface area contributed by atoms with Crippen LogP contribution in [0.2, 0.25) is 0 Å². The van der Waals surface area contributed by atoms with Crippen LogP contribution >= 0.6 is 0 Å². The molecule has 0 saturated heterocycles. The second kappa shape index (κ2) is 4.89. The molecule has 3 nitrogen and oxygen atoms in total. The van der Waals surface area contributed by atoms with Crippen molar-refractivity contribution >= 4 is 10.9 Å². The molecule has 102 valence electrons. The molecule has 1 heterocycles.